The van der Waals surface area contributed by atoms with Crippen molar-refractivity contribution in [3.63, 3.8) is 0 Å². The average Bonchev–Trinajstić information content (AvgIpc) is 3.38. The molecule has 6 nitrogen and oxygen atoms in total. The van der Waals surface area contributed by atoms with Crippen LogP contribution in [0.1, 0.15) is 52.2 Å². The molecule has 0 saturated carbocycles. The molecule has 8 heteroatoms. The molecule has 4 rings (SSSR count). The van der Waals surface area contributed by atoms with Crippen LogP contribution < -0.4 is 5.32 Å². The number of hydrogen-bond donors (Lipinski definition) is 1. The molecule has 0 bridgehead atoms. The highest BCUT2D eigenvalue weighted by atomic mass is 32.2. The van der Waals surface area contributed by atoms with Crippen LogP contribution in [0.15, 0.2) is 70.9 Å². The van der Waals surface area contributed by atoms with Gasteiger partial charge in [-0.05, 0) is 55.8 Å². The Kier molecular flexibility index (Phi) is 7.30. The summed E-state index contributed by atoms with van der Waals surface area (Å²) in [6.45, 7) is 3.97. The molecule has 0 spiro atoms. The predicted molar refractivity (Wildman–Crippen MR) is 133 cm³/mol. The molecule has 1 saturated heterocycles. The van der Waals surface area contributed by atoms with E-state index in [0.717, 1.165) is 16.0 Å². The van der Waals surface area contributed by atoms with Crippen molar-refractivity contribution in [2.45, 2.75) is 37.6 Å². The van der Waals surface area contributed by atoms with Gasteiger partial charge in [0.25, 0.3) is 0 Å². The second kappa shape index (κ2) is 10.2. The zero-order valence-corrected chi connectivity index (χ0v) is 20.9. The maximum absolute atomic E-state index is 13.2. The van der Waals surface area contributed by atoms with Gasteiger partial charge in [0.15, 0.2) is 5.78 Å². The summed E-state index contributed by atoms with van der Waals surface area (Å²) >= 11 is 1.60. The number of carbonyl (C=O) groups is 2. The molecule has 3 aromatic rings. The Balaban J connectivity index is 1.44. The lowest BCUT2D eigenvalue weighted by molar-refractivity contribution is -0.126. The number of sulfonamides is 1. The molecule has 2 heterocycles. The van der Waals surface area contributed by atoms with Gasteiger partial charge in [-0.15, -0.1) is 11.3 Å². The molecule has 1 atom stereocenters. The van der Waals surface area contributed by atoms with Gasteiger partial charge in [0.05, 0.1) is 10.9 Å². The summed E-state index contributed by atoms with van der Waals surface area (Å²) in [5.74, 6) is -0.501. The standard InChI is InChI=1S/C26H28N2O4S2/c1-18-8-10-20(11-9-18)25(24-7-4-16-33-24)27-26(30)21-12-14-28(15-13-21)34(31,32)23-6-3-5-22(17-23)19(2)29/h3-11,16-17,21,25H,12-15H2,1-2H3,(H,27,30)/t25-/m1/s1. The van der Waals surface area contributed by atoms with E-state index >= 15 is 0 Å². The lowest BCUT2D eigenvalue weighted by Crippen LogP contribution is -2.43. The van der Waals surface area contributed by atoms with E-state index in [-0.39, 0.29) is 41.6 Å². The van der Waals surface area contributed by atoms with E-state index in [2.05, 4.69) is 5.32 Å². The third-order valence-corrected chi connectivity index (χ3v) is 9.06. The molecule has 0 aliphatic carbocycles. The first kappa shape index (κ1) is 24.3. The minimum absolute atomic E-state index is 0.0606. The number of hydrogen-bond acceptors (Lipinski definition) is 5. The number of aryl methyl sites for hydroxylation is 1. The van der Waals surface area contributed by atoms with Crippen molar-refractivity contribution in [3.05, 3.63) is 87.6 Å². The predicted octanol–water partition coefficient (Wildman–Crippen LogP) is 4.57. The number of piperidine rings is 1. The lowest BCUT2D eigenvalue weighted by Gasteiger charge is -2.31. The first-order valence-electron chi connectivity index (χ1n) is 11.3. The lowest BCUT2D eigenvalue weighted by atomic mass is 9.95. The minimum atomic E-state index is -3.72. The van der Waals surface area contributed by atoms with Crippen LogP contribution in [0.25, 0.3) is 0 Å². The number of thiophene rings is 1. The van der Waals surface area contributed by atoms with Gasteiger partial charge in [-0.3, -0.25) is 9.59 Å². The van der Waals surface area contributed by atoms with Crippen LogP contribution in [0.4, 0.5) is 0 Å². The number of nitrogens with one attached hydrogen (secondary N) is 1. The largest absolute Gasteiger partial charge is 0.344 e. The minimum Gasteiger partial charge on any atom is -0.344 e. The highest BCUT2D eigenvalue weighted by Gasteiger charge is 2.33. The Labute approximate surface area is 204 Å². The number of ketones is 1. The number of benzene rings is 2. The maximum Gasteiger partial charge on any atom is 0.243 e. The fraction of sp³-hybridized carbons (Fsp3) is 0.308. The zero-order chi connectivity index (χ0) is 24.3. The first-order valence-corrected chi connectivity index (χ1v) is 13.6. The van der Waals surface area contributed by atoms with Gasteiger partial charge in [0, 0.05) is 29.4 Å². The number of amides is 1. The smallest absolute Gasteiger partial charge is 0.243 e. The van der Waals surface area contributed by atoms with Crippen molar-refractivity contribution in [2.24, 2.45) is 5.92 Å². The Morgan fingerprint density at radius 1 is 1.03 bits per heavy atom. The normalized spacial score (nSPS) is 16.2. The van der Waals surface area contributed by atoms with Crippen molar-refractivity contribution in [2.75, 3.05) is 13.1 Å². The van der Waals surface area contributed by atoms with Crippen LogP contribution in [-0.2, 0) is 14.8 Å². The summed E-state index contributed by atoms with van der Waals surface area (Å²) in [6, 6.07) is 18.0. The molecule has 0 radical (unpaired) electrons. The van der Waals surface area contributed by atoms with Gasteiger partial charge in [-0.25, -0.2) is 8.42 Å². The van der Waals surface area contributed by atoms with E-state index in [1.165, 1.54) is 23.4 Å². The van der Waals surface area contributed by atoms with E-state index in [9.17, 15) is 18.0 Å². The number of nitrogens with zero attached hydrogens (tertiary/aromatic N) is 1. The number of carbonyl (C=O) groups excluding carboxylic acids is 2. The van der Waals surface area contributed by atoms with E-state index in [1.807, 2.05) is 48.7 Å². The van der Waals surface area contributed by atoms with E-state index in [4.69, 9.17) is 0 Å². The van der Waals surface area contributed by atoms with Gasteiger partial charge in [0.1, 0.15) is 0 Å². The highest BCUT2D eigenvalue weighted by molar-refractivity contribution is 7.89. The molecule has 1 aromatic heterocycles. The number of rotatable bonds is 7. The summed E-state index contributed by atoms with van der Waals surface area (Å²) in [5, 5.41) is 5.19. The molecule has 1 amide bonds. The van der Waals surface area contributed by atoms with Gasteiger partial charge in [-0.1, -0.05) is 48.0 Å². The fourth-order valence-corrected chi connectivity index (χ4v) is 6.49. The second-order valence-corrected chi connectivity index (χ2v) is 11.5. The van der Waals surface area contributed by atoms with E-state index < -0.39 is 10.0 Å². The first-order chi connectivity index (χ1) is 16.3. The average molecular weight is 497 g/mol. The molecule has 34 heavy (non-hydrogen) atoms. The quantitative estimate of drug-likeness (QED) is 0.486. The SMILES string of the molecule is CC(=O)c1cccc(S(=O)(=O)N2CCC(C(=O)N[C@H](c3ccc(C)cc3)c3cccs3)CC2)c1. The molecule has 1 N–H and O–H groups in total. The van der Waals surface area contributed by atoms with Crippen LogP contribution in [0.2, 0.25) is 0 Å². The van der Waals surface area contributed by atoms with Gasteiger partial charge in [-0.2, -0.15) is 4.31 Å². The molecule has 0 unspecified atom stereocenters. The number of Topliss-reactive ketones (excluding diaryl/α,β-unsaturated/α-hetero) is 1. The monoisotopic (exact) mass is 496 g/mol. The van der Waals surface area contributed by atoms with E-state index in [1.54, 1.807) is 23.5 Å². The van der Waals surface area contributed by atoms with Crippen molar-refractivity contribution in [3.8, 4) is 0 Å². The third-order valence-electron chi connectivity index (χ3n) is 6.23. The highest BCUT2D eigenvalue weighted by Crippen LogP contribution is 2.29. The Morgan fingerprint density at radius 2 is 1.74 bits per heavy atom. The van der Waals surface area contributed by atoms with Crippen molar-refractivity contribution in [1.82, 2.24) is 9.62 Å². The van der Waals surface area contributed by atoms with Crippen LogP contribution in [0.3, 0.4) is 0 Å². The molecule has 1 aliphatic rings. The Morgan fingerprint density at radius 3 is 2.35 bits per heavy atom. The van der Waals surface area contributed by atoms with Crippen LogP contribution in [0, 0.1) is 12.8 Å². The van der Waals surface area contributed by atoms with E-state index in [0.29, 0.717) is 18.4 Å². The van der Waals surface area contributed by atoms with Crippen LogP contribution >= 0.6 is 11.3 Å². The molecular weight excluding hydrogens is 468 g/mol. The molecule has 1 aliphatic heterocycles. The van der Waals surface area contributed by atoms with Gasteiger partial charge >= 0.3 is 0 Å². The Bertz CT molecular complexity index is 1260. The summed E-state index contributed by atoms with van der Waals surface area (Å²) < 4.78 is 27.6. The van der Waals surface area contributed by atoms with Crippen molar-refractivity contribution < 1.29 is 18.0 Å². The van der Waals surface area contributed by atoms with Crippen molar-refractivity contribution in [1.29, 1.82) is 0 Å². The molecule has 178 valence electrons. The summed E-state index contributed by atoms with van der Waals surface area (Å²) in [7, 11) is -3.72. The van der Waals surface area contributed by atoms with Gasteiger partial charge < -0.3 is 5.32 Å². The van der Waals surface area contributed by atoms with Crippen molar-refractivity contribution >= 4 is 33.1 Å². The Hall–Kier alpha value is -2.81. The molecule has 1 fully saturated rings. The second-order valence-electron chi connectivity index (χ2n) is 8.63. The maximum atomic E-state index is 13.2. The fourth-order valence-electron chi connectivity index (χ4n) is 4.18. The molecular formula is C26H28N2O4S2. The van der Waals surface area contributed by atoms with Crippen LogP contribution in [-0.4, -0.2) is 37.5 Å². The summed E-state index contributed by atoms with van der Waals surface area (Å²) in [5.41, 5.74) is 2.54. The van der Waals surface area contributed by atoms with Crippen LogP contribution in [0.5, 0.6) is 0 Å². The zero-order valence-electron chi connectivity index (χ0n) is 19.2. The summed E-state index contributed by atoms with van der Waals surface area (Å²) in [4.78, 5) is 26.0. The molecule has 2 aromatic carbocycles. The summed E-state index contributed by atoms with van der Waals surface area (Å²) in [6.07, 6.45) is 0.894. The topological polar surface area (TPSA) is 83.6 Å². The van der Waals surface area contributed by atoms with Gasteiger partial charge in [0.2, 0.25) is 15.9 Å². The third kappa shape index (κ3) is 5.29.